The van der Waals surface area contributed by atoms with Crippen molar-refractivity contribution in [2.24, 2.45) is 0 Å². The number of aryl methyl sites for hydroxylation is 2. The number of nitrogens with one attached hydrogen (secondary N) is 1. The van der Waals surface area contributed by atoms with Crippen LogP contribution in [0.25, 0.3) is 0 Å². The van der Waals surface area contributed by atoms with E-state index in [-0.39, 0.29) is 5.91 Å². The van der Waals surface area contributed by atoms with Crippen molar-refractivity contribution in [2.45, 2.75) is 46.6 Å². The fourth-order valence-electron chi connectivity index (χ4n) is 2.61. The van der Waals surface area contributed by atoms with E-state index < -0.39 is 6.10 Å². The summed E-state index contributed by atoms with van der Waals surface area (Å²) in [6.07, 6.45) is 1.12. The minimum absolute atomic E-state index is 0.113. The Hall–Kier alpha value is -2.49. The summed E-state index contributed by atoms with van der Waals surface area (Å²) < 4.78 is 11.6. The molecule has 0 aliphatic heterocycles. The van der Waals surface area contributed by atoms with E-state index in [0.29, 0.717) is 19.6 Å². The summed E-state index contributed by atoms with van der Waals surface area (Å²) >= 11 is 0. The van der Waals surface area contributed by atoms with Crippen molar-refractivity contribution >= 4 is 5.91 Å². The molecule has 4 nitrogen and oxygen atoms in total. The minimum atomic E-state index is -0.501. The second-order valence-electron chi connectivity index (χ2n) is 6.35. The molecular weight excluding hydrogens is 326 g/mol. The summed E-state index contributed by atoms with van der Waals surface area (Å²) in [6, 6.07) is 13.9. The van der Waals surface area contributed by atoms with Crippen LogP contribution in [0.4, 0.5) is 0 Å². The number of benzene rings is 2. The number of hydrogen-bond acceptors (Lipinski definition) is 3. The number of hydrogen-bond donors (Lipinski definition) is 1. The third-order valence-electron chi connectivity index (χ3n) is 4.49. The van der Waals surface area contributed by atoms with Gasteiger partial charge in [-0.25, -0.2) is 0 Å². The molecule has 4 heteroatoms. The van der Waals surface area contributed by atoms with Crippen LogP contribution in [-0.2, 0) is 11.2 Å². The lowest BCUT2D eigenvalue weighted by Crippen LogP contribution is -2.39. The molecule has 2 aromatic carbocycles. The maximum atomic E-state index is 12.4. The number of carbonyl (C=O) groups excluding carboxylic acids is 1. The topological polar surface area (TPSA) is 47.6 Å². The number of rotatable bonds is 9. The van der Waals surface area contributed by atoms with Gasteiger partial charge < -0.3 is 14.8 Å². The Balaban J connectivity index is 1.80. The van der Waals surface area contributed by atoms with Gasteiger partial charge in [0.25, 0.3) is 5.91 Å². The Morgan fingerprint density at radius 3 is 2.46 bits per heavy atom. The summed E-state index contributed by atoms with van der Waals surface area (Å²) in [5.41, 5.74) is 3.50. The van der Waals surface area contributed by atoms with Crippen LogP contribution in [0, 0.1) is 13.8 Å². The Morgan fingerprint density at radius 2 is 1.81 bits per heavy atom. The van der Waals surface area contributed by atoms with E-state index in [0.717, 1.165) is 29.0 Å². The van der Waals surface area contributed by atoms with E-state index in [4.69, 9.17) is 9.47 Å². The van der Waals surface area contributed by atoms with Crippen molar-refractivity contribution in [1.82, 2.24) is 5.32 Å². The lowest BCUT2D eigenvalue weighted by atomic mass is 10.1. The fourth-order valence-corrected chi connectivity index (χ4v) is 2.61. The van der Waals surface area contributed by atoms with Crippen LogP contribution in [0.1, 0.15) is 37.0 Å². The highest BCUT2D eigenvalue weighted by molar-refractivity contribution is 5.81. The molecule has 0 spiro atoms. The van der Waals surface area contributed by atoms with Gasteiger partial charge in [-0.3, -0.25) is 4.79 Å². The molecule has 0 aliphatic rings. The second kappa shape index (κ2) is 9.85. The molecule has 0 unspecified atom stereocenters. The molecule has 2 rings (SSSR count). The largest absolute Gasteiger partial charge is 0.492 e. The Kier molecular flexibility index (Phi) is 7.52. The smallest absolute Gasteiger partial charge is 0.261 e. The van der Waals surface area contributed by atoms with Crippen LogP contribution < -0.4 is 14.8 Å². The Labute approximate surface area is 156 Å². The van der Waals surface area contributed by atoms with E-state index in [1.54, 1.807) is 0 Å². The average molecular weight is 355 g/mol. The van der Waals surface area contributed by atoms with Crippen LogP contribution in [0.5, 0.6) is 11.5 Å². The van der Waals surface area contributed by atoms with Gasteiger partial charge in [0.15, 0.2) is 6.10 Å². The van der Waals surface area contributed by atoms with Crippen LogP contribution >= 0.6 is 0 Å². The molecule has 1 amide bonds. The third kappa shape index (κ3) is 5.51. The summed E-state index contributed by atoms with van der Waals surface area (Å²) in [5.74, 6) is 1.47. The zero-order valence-electron chi connectivity index (χ0n) is 16.2. The first-order valence-corrected chi connectivity index (χ1v) is 9.27. The van der Waals surface area contributed by atoms with Gasteiger partial charge >= 0.3 is 0 Å². The zero-order valence-corrected chi connectivity index (χ0v) is 16.2. The lowest BCUT2D eigenvalue weighted by molar-refractivity contribution is -0.128. The minimum Gasteiger partial charge on any atom is -0.492 e. The maximum absolute atomic E-state index is 12.4. The maximum Gasteiger partial charge on any atom is 0.261 e. The number of carbonyl (C=O) groups is 1. The molecule has 1 N–H and O–H groups in total. The van der Waals surface area contributed by atoms with Crippen molar-refractivity contribution in [1.29, 1.82) is 0 Å². The zero-order chi connectivity index (χ0) is 18.9. The van der Waals surface area contributed by atoms with E-state index in [1.165, 1.54) is 5.56 Å². The van der Waals surface area contributed by atoms with Gasteiger partial charge in [0.05, 0.1) is 6.54 Å². The molecular formula is C22H29NO3. The highest BCUT2D eigenvalue weighted by Gasteiger charge is 2.19. The SMILES string of the molecule is CCc1ccc(OCCNC(=O)[C@H](CC)Oc2cccc(C)c2C)cc1. The van der Waals surface area contributed by atoms with Gasteiger partial charge in [0.2, 0.25) is 0 Å². The van der Waals surface area contributed by atoms with Crippen LogP contribution in [0.15, 0.2) is 42.5 Å². The first kappa shape index (κ1) is 19.8. The molecule has 140 valence electrons. The van der Waals surface area contributed by atoms with Crippen LogP contribution in [0.3, 0.4) is 0 Å². The Morgan fingerprint density at radius 1 is 1.08 bits per heavy atom. The van der Waals surface area contributed by atoms with Crippen molar-refractivity contribution in [3.8, 4) is 11.5 Å². The number of ether oxygens (including phenoxy) is 2. The van der Waals surface area contributed by atoms with Crippen molar-refractivity contribution < 1.29 is 14.3 Å². The van der Waals surface area contributed by atoms with E-state index in [2.05, 4.69) is 24.4 Å². The summed E-state index contributed by atoms with van der Waals surface area (Å²) in [6.45, 7) is 8.98. The van der Waals surface area contributed by atoms with Gasteiger partial charge in [-0.1, -0.05) is 38.1 Å². The lowest BCUT2D eigenvalue weighted by Gasteiger charge is -2.19. The van der Waals surface area contributed by atoms with E-state index >= 15 is 0 Å². The summed E-state index contributed by atoms with van der Waals surface area (Å²) in [5, 5.41) is 2.89. The molecule has 0 bridgehead atoms. The molecule has 2 aromatic rings. The monoisotopic (exact) mass is 355 g/mol. The normalized spacial score (nSPS) is 11.7. The highest BCUT2D eigenvalue weighted by Crippen LogP contribution is 2.22. The molecule has 26 heavy (non-hydrogen) atoms. The molecule has 0 saturated carbocycles. The first-order chi connectivity index (χ1) is 12.5. The molecule has 0 aromatic heterocycles. The van der Waals surface area contributed by atoms with Gasteiger partial charge in [0.1, 0.15) is 18.1 Å². The standard InChI is InChI=1S/C22H29NO3/c1-5-18-10-12-19(13-11-18)25-15-14-23-22(24)20(6-2)26-21-9-7-8-16(3)17(21)4/h7-13,20H,5-6,14-15H2,1-4H3,(H,23,24)/t20-/m0/s1. The summed E-state index contributed by atoms with van der Waals surface area (Å²) in [7, 11) is 0. The molecule has 0 saturated heterocycles. The highest BCUT2D eigenvalue weighted by atomic mass is 16.5. The Bertz CT molecular complexity index is 710. The third-order valence-corrected chi connectivity index (χ3v) is 4.49. The van der Waals surface area contributed by atoms with Gasteiger partial charge in [0, 0.05) is 0 Å². The van der Waals surface area contributed by atoms with Crippen molar-refractivity contribution in [3.05, 3.63) is 59.2 Å². The fraction of sp³-hybridized carbons (Fsp3) is 0.409. The van der Waals surface area contributed by atoms with Crippen LogP contribution in [0.2, 0.25) is 0 Å². The average Bonchev–Trinajstić information content (AvgIpc) is 2.66. The van der Waals surface area contributed by atoms with Gasteiger partial charge in [-0.2, -0.15) is 0 Å². The van der Waals surface area contributed by atoms with Gasteiger partial charge in [-0.15, -0.1) is 0 Å². The quantitative estimate of drug-likeness (QED) is 0.685. The molecule has 0 heterocycles. The molecule has 0 aliphatic carbocycles. The van der Waals surface area contributed by atoms with E-state index in [9.17, 15) is 4.79 Å². The number of amides is 1. The predicted molar refractivity (Wildman–Crippen MR) is 105 cm³/mol. The predicted octanol–water partition coefficient (Wildman–Crippen LogP) is 4.22. The second-order valence-corrected chi connectivity index (χ2v) is 6.35. The van der Waals surface area contributed by atoms with Gasteiger partial charge in [-0.05, 0) is 61.6 Å². The molecule has 1 atom stereocenters. The first-order valence-electron chi connectivity index (χ1n) is 9.27. The summed E-state index contributed by atoms with van der Waals surface area (Å²) in [4.78, 5) is 12.4. The van der Waals surface area contributed by atoms with Crippen LogP contribution in [-0.4, -0.2) is 25.2 Å². The van der Waals surface area contributed by atoms with Crippen molar-refractivity contribution in [3.63, 3.8) is 0 Å². The van der Waals surface area contributed by atoms with Crippen molar-refractivity contribution in [2.75, 3.05) is 13.2 Å². The van der Waals surface area contributed by atoms with E-state index in [1.807, 2.05) is 51.1 Å². The molecule has 0 fully saturated rings. The molecule has 0 radical (unpaired) electrons.